The van der Waals surface area contributed by atoms with Crippen LogP contribution in [-0.2, 0) is 13.2 Å². The molecule has 1 heterocycles. The molecule has 0 bridgehead atoms. The van der Waals surface area contributed by atoms with E-state index in [1.54, 1.807) is 0 Å². The average molecular weight is 373 g/mol. The second kappa shape index (κ2) is 6.81. The highest BCUT2D eigenvalue weighted by molar-refractivity contribution is 9.10. The molecule has 0 aliphatic carbocycles. The van der Waals surface area contributed by atoms with E-state index < -0.39 is 0 Å². The zero-order valence-electron chi connectivity index (χ0n) is 12.4. The predicted octanol–water partition coefficient (Wildman–Crippen LogP) is 4.23. The number of nitrogens with zero attached hydrogens (tertiary/aromatic N) is 2. The minimum absolute atomic E-state index is 0.0959. The van der Waals surface area contributed by atoms with E-state index in [4.69, 9.17) is 22.1 Å². The molecule has 0 amide bonds. The molecule has 0 radical (unpaired) electrons. The van der Waals surface area contributed by atoms with Gasteiger partial charge in [0.15, 0.2) is 0 Å². The molecule has 0 saturated carbocycles. The highest BCUT2D eigenvalue weighted by atomic mass is 79.9. The van der Waals surface area contributed by atoms with Crippen LogP contribution in [0.4, 0.5) is 0 Å². The first-order valence-corrected chi connectivity index (χ1v) is 8.00. The van der Waals surface area contributed by atoms with Crippen molar-refractivity contribution < 1.29 is 4.74 Å². The van der Waals surface area contributed by atoms with Gasteiger partial charge in [-0.05, 0) is 32.9 Å². The lowest BCUT2D eigenvalue weighted by atomic mass is 10.1. The van der Waals surface area contributed by atoms with Gasteiger partial charge in [-0.15, -0.1) is 0 Å². The third-order valence-electron chi connectivity index (χ3n) is 3.28. The molecule has 0 aliphatic heterocycles. The van der Waals surface area contributed by atoms with Gasteiger partial charge in [-0.3, -0.25) is 4.68 Å². The average Bonchev–Trinajstić information content (AvgIpc) is 2.71. The molecule has 2 rings (SSSR count). The molecule has 0 saturated heterocycles. The summed E-state index contributed by atoms with van der Waals surface area (Å²) in [6, 6.07) is 5.75. The van der Waals surface area contributed by atoms with E-state index >= 15 is 0 Å². The van der Waals surface area contributed by atoms with Crippen LogP contribution in [0.1, 0.15) is 36.8 Å². The van der Waals surface area contributed by atoms with Crippen molar-refractivity contribution in [3.8, 4) is 5.75 Å². The molecule has 2 N–H and O–H groups in total. The predicted molar refractivity (Wildman–Crippen MR) is 88.7 cm³/mol. The first kappa shape index (κ1) is 16.3. The van der Waals surface area contributed by atoms with Gasteiger partial charge >= 0.3 is 0 Å². The lowest BCUT2D eigenvalue weighted by Crippen LogP contribution is -2.10. The summed E-state index contributed by atoms with van der Waals surface area (Å²) in [4.78, 5) is 0. The van der Waals surface area contributed by atoms with Crippen LogP contribution >= 0.6 is 27.5 Å². The molecule has 0 fully saturated rings. The lowest BCUT2D eigenvalue weighted by Gasteiger charge is -2.15. The van der Waals surface area contributed by atoms with Crippen molar-refractivity contribution in [1.82, 2.24) is 9.78 Å². The summed E-state index contributed by atoms with van der Waals surface area (Å²) in [6.07, 6.45) is 0. The van der Waals surface area contributed by atoms with Crippen molar-refractivity contribution in [2.24, 2.45) is 5.73 Å². The van der Waals surface area contributed by atoms with Crippen LogP contribution in [0.5, 0.6) is 5.75 Å². The Morgan fingerprint density at radius 3 is 2.81 bits per heavy atom. The van der Waals surface area contributed by atoms with Crippen LogP contribution < -0.4 is 10.5 Å². The number of aromatic nitrogens is 2. The Labute approximate surface area is 138 Å². The normalized spacial score (nSPS) is 12.5. The number of ether oxygens (including phenoxy) is 1. The molecule has 0 aliphatic rings. The molecule has 0 unspecified atom stereocenters. The molecule has 114 valence electrons. The maximum absolute atomic E-state index is 6.30. The van der Waals surface area contributed by atoms with Crippen molar-refractivity contribution in [3.63, 3.8) is 0 Å². The quantitative estimate of drug-likeness (QED) is 0.854. The number of hydrogen-bond donors (Lipinski definition) is 1. The monoisotopic (exact) mass is 371 g/mol. The number of nitrogens with two attached hydrogens (primary N) is 1. The number of rotatable bonds is 5. The Kier molecular flexibility index (Phi) is 5.30. The highest BCUT2D eigenvalue weighted by Crippen LogP contribution is 2.29. The van der Waals surface area contributed by atoms with Crippen molar-refractivity contribution in [2.45, 2.75) is 40.0 Å². The van der Waals surface area contributed by atoms with Crippen molar-refractivity contribution in [3.05, 3.63) is 44.6 Å². The van der Waals surface area contributed by atoms with Gasteiger partial charge in [0.05, 0.1) is 16.4 Å². The highest BCUT2D eigenvalue weighted by Gasteiger charge is 2.15. The maximum atomic E-state index is 6.30. The summed E-state index contributed by atoms with van der Waals surface area (Å²) in [5.41, 5.74) is 8.65. The largest absolute Gasteiger partial charge is 0.487 e. The Hall–Kier alpha value is -1.04. The van der Waals surface area contributed by atoms with Gasteiger partial charge in [0.2, 0.25) is 0 Å². The van der Waals surface area contributed by atoms with Gasteiger partial charge in [-0.25, -0.2) is 0 Å². The zero-order chi connectivity index (χ0) is 15.6. The summed E-state index contributed by atoms with van der Waals surface area (Å²) in [5, 5.41) is 5.05. The number of benzene rings is 1. The van der Waals surface area contributed by atoms with E-state index in [0.29, 0.717) is 11.6 Å². The van der Waals surface area contributed by atoms with Crippen LogP contribution in [0.3, 0.4) is 0 Å². The van der Waals surface area contributed by atoms with Crippen LogP contribution in [0, 0.1) is 6.92 Å². The summed E-state index contributed by atoms with van der Waals surface area (Å²) in [6.45, 7) is 6.97. The Morgan fingerprint density at radius 2 is 2.19 bits per heavy atom. The molecule has 21 heavy (non-hydrogen) atoms. The molecule has 6 heteroatoms. The second-order valence-electron chi connectivity index (χ2n) is 4.92. The second-order valence-corrected chi connectivity index (χ2v) is 6.21. The summed E-state index contributed by atoms with van der Waals surface area (Å²) < 4.78 is 8.76. The van der Waals surface area contributed by atoms with E-state index in [2.05, 4.69) is 21.0 Å². The van der Waals surface area contributed by atoms with Gasteiger partial charge in [-0.1, -0.05) is 33.6 Å². The topological polar surface area (TPSA) is 53.1 Å². The fourth-order valence-corrected chi connectivity index (χ4v) is 2.69. The third kappa shape index (κ3) is 3.59. The van der Waals surface area contributed by atoms with Gasteiger partial charge in [-0.2, -0.15) is 5.10 Å². The fraction of sp³-hybridized carbons (Fsp3) is 0.400. The molecular weight excluding hydrogens is 354 g/mol. The summed E-state index contributed by atoms with van der Waals surface area (Å²) in [7, 11) is 0. The Bertz CT molecular complexity index is 640. The molecule has 1 atom stereocenters. The lowest BCUT2D eigenvalue weighted by molar-refractivity contribution is 0.288. The minimum atomic E-state index is -0.0959. The summed E-state index contributed by atoms with van der Waals surface area (Å²) >= 11 is 9.75. The van der Waals surface area contributed by atoms with E-state index in [0.717, 1.165) is 33.7 Å². The molecule has 0 spiro atoms. The Balaban J connectivity index is 2.26. The number of hydrogen-bond acceptors (Lipinski definition) is 3. The van der Waals surface area contributed by atoms with Gasteiger partial charge in [0.25, 0.3) is 0 Å². The van der Waals surface area contributed by atoms with E-state index in [1.165, 1.54) is 0 Å². The molecule has 1 aromatic heterocycles. The van der Waals surface area contributed by atoms with E-state index in [9.17, 15) is 0 Å². The fourth-order valence-electron chi connectivity index (χ4n) is 2.16. The third-order valence-corrected chi connectivity index (χ3v) is 4.27. The first-order chi connectivity index (χ1) is 9.93. The first-order valence-electron chi connectivity index (χ1n) is 6.83. The van der Waals surface area contributed by atoms with Crippen LogP contribution in [-0.4, -0.2) is 9.78 Å². The van der Waals surface area contributed by atoms with Crippen molar-refractivity contribution in [2.75, 3.05) is 0 Å². The van der Waals surface area contributed by atoms with Gasteiger partial charge in [0, 0.05) is 22.6 Å². The standard InChI is InChI=1S/C15H19BrClN3O/c1-4-20-13(15(17)10(3)19-20)8-21-14-7-11(16)5-6-12(14)9(2)18/h5-7,9H,4,8,18H2,1-3H3/t9-/m0/s1. The molecule has 4 nitrogen and oxygen atoms in total. The van der Waals surface area contributed by atoms with Crippen LogP contribution in [0.25, 0.3) is 0 Å². The minimum Gasteiger partial charge on any atom is -0.487 e. The van der Waals surface area contributed by atoms with E-state index in [1.807, 2.05) is 43.7 Å². The summed E-state index contributed by atoms with van der Waals surface area (Å²) in [5.74, 6) is 0.761. The van der Waals surface area contributed by atoms with Gasteiger partial charge < -0.3 is 10.5 Å². The van der Waals surface area contributed by atoms with Crippen LogP contribution in [0.15, 0.2) is 22.7 Å². The molecular formula is C15H19BrClN3O. The smallest absolute Gasteiger partial charge is 0.131 e. The molecule has 1 aromatic carbocycles. The number of aryl methyl sites for hydroxylation is 2. The number of halogens is 2. The SMILES string of the molecule is CCn1nc(C)c(Cl)c1COc1cc(Br)ccc1[C@H](C)N. The zero-order valence-corrected chi connectivity index (χ0v) is 14.7. The van der Waals surface area contributed by atoms with Gasteiger partial charge in [0.1, 0.15) is 12.4 Å². The Morgan fingerprint density at radius 1 is 1.48 bits per heavy atom. The maximum Gasteiger partial charge on any atom is 0.131 e. The molecule has 2 aromatic rings. The van der Waals surface area contributed by atoms with E-state index in [-0.39, 0.29) is 6.04 Å². The van der Waals surface area contributed by atoms with Crippen molar-refractivity contribution >= 4 is 27.5 Å². The van der Waals surface area contributed by atoms with Crippen molar-refractivity contribution in [1.29, 1.82) is 0 Å². The van der Waals surface area contributed by atoms with Crippen LogP contribution in [0.2, 0.25) is 5.02 Å².